The molecule has 0 spiro atoms. The van der Waals surface area contributed by atoms with E-state index in [1.807, 2.05) is 47.1 Å². The number of pyridine rings is 2. The molecule has 8 heteroatoms. The van der Waals surface area contributed by atoms with Crippen molar-refractivity contribution in [3.63, 3.8) is 0 Å². The van der Waals surface area contributed by atoms with E-state index in [1.165, 1.54) is 0 Å². The molecule has 1 aliphatic carbocycles. The maximum absolute atomic E-state index is 4.56. The molecule has 0 saturated carbocycles. The van der Waals surface area contributed by atoms with Gasteiger partial charge in [0.25, 0.3) is 0 Å². The average molecular weight is 442 g/mol. The molecule has 0 amide bonds. The van der Waals surface area contributed by atoms with Crippen LogP contribution in [0, 0.1) is 0 Å². The van der Waals surface area contributed by atoms with E-state index in [1.54, 1.807) is 18.6 Å². The van der Waals surface area contributed by atoms with Gasteiger partial charge in [-0.1, -0.05) is 16.7 Å². The predicted molar refractivity (Wildman–Crippen MR) is 126 cm³/mol. The van der Waals surface area contributed by atoms with Gasteiger partial charge in [0.2, 0.25) is 0 Å². The van der Waals surface area contributed by atoms with Crippen LogP contribution in [-0.4, -0.2) is 47.8 Å². The quantitative estimate of drug-likeness (QED) is 0.423. The van der Waals surface area contributed by atoms with Crippen LogP contribution in [0.3, 0.4) is 0 Å². The van der Waals surface area contributed by atoms with Crippen LogP contribution in [0.25, 0.3) is 11.1 Å². The number of fused-ring (bicyclic) bond motifs is 4. The minimum Gasteiger partial charge on any atom is -0.281 e. The van der Waals surface area contributed by atoms with Gasteiger partial charge in [-0.25, -0.2) is 0 Å². The van der Waals surface area contributed by atoms with Gasteiger partial charge in [0, 0.05) is 36.0 Å². The molecule has 0 atom stereocenters. The normalized spacial score (nSPS) is 14.7. The molecular weight excluding hydrogens is 424 g/mol. The second-order valence-electron chi connectivity index (χ2n) is 8.31. The first kappa shape index (κ1) is 18.7. The first-order valence-electron chi connectivity index (χ1n) is 10.9. The van der Waals surface area contributed by atoms with Crippen molar-refractivity contribution in [2.24, 2.45) is 0 Å². The highest BCUT2D eigenvalue weighted by molar-refractivity contribution is 5.85. The smallest absolute Gasteiger partial charge is 0.281 e. The minimum atomic E-state index is -0.642. The molecule has 0 unspecified atom stereocenters. The third-order valence-electron chi connectivity index (χ3n) is 6.62. The fraction of sp³-hybridized carbons (Fsp3) is 0.0769. The Morgan fingerprint density at radius 2 is 1.56 bits per heavy atom. The van der Waals surface area contributed by atoms with Crippen molar-refractivity contribution in [3.05, 3.63) is 108 Å². The van der Waals surface area contributed by atoms with E-state index in [-0.39, 0.29) is 0 Å². The molecular formula is C26H18N8+2. The number of rotatable bonds is 3. The fourth-order valence-corrected chi connectivity index (χ4v) is 5.24. The summed E-state index contributed by atoms with van der Waals surface area (Å²) in [5.74, 6) is 1.51. The van der Waals surface area contributed by atoms with Crippen LogP contribution >= 0.6 is 0 Å². The Kier molecular flexibility index (Phi) is 3.77. The standard InChI is InChI=1S/C26H18N8/c1-33-16-34(25-24(33)29-11-12-30-25)18-4-2-3-17(13-18)26(23-7-10-31-32-23)21-14-27-8-5-19(21)20-6-9-28-15-22(20)26/h2-15H,1H3,(H,31,32)/q+2. The third kappa shape index (κ3) is 2.34. The molecule has 0 saturated heterocycles. The zero-order valence-electron chi connectivity index (χ0n) is 18.2. The lowest BCUT2D eigenvalue weighted by atomic mass is 9.71. The van der Waals surface area contributed by atoms with Crippen molar-refractivity contribution in [3.8, 4) is 11.1 Å². The lowest BCUT2D eigenvalue weighted by molar-refractivity contribution is -0.398. The van der Waals surface area contributed by atoms with Crippen LogP contribution in [0.5, 0.6) is 0 Å². The summed E-state index contributed by atoms with van der Waals surface area (Å²) in [7, 11) is 1.92. The average Bonchev–Trinajstić information content (AvgIpc) is 3.61. The summed E-state index contributed by atoms with van der Waals surface area (Å²) in [5, 5.41) is 7.56. The second kappa shape index (κ2) is 6.84. The van der Waals surface area contributed by atoms with Crippen LogP contribution < -0.4 is 4.58 Å². The van der Waals surface area contributed by atoms with Gasteiger partial charge in [-0.15, -0.1) is 4.58 Å². The zero-order chi connectivity index (χ0) is 22.7. The van der Waals surface area contributed by atoms with Crippen molar-refractivity contribution < 1.29 is 4.58 Å². The molecule has 8 nitrogen and oxygen atoms in total. The summed E-state index contributed by atoms with van der Waals surface area (Å²) >= 11 is 0. The number of hydrogen-bond acceptors (Lipinski definition) is 5. The van der Waals surface area contributed by atoms with Gasteiger partial charge in [0.1, 0.15) is 7.05 Å². The first-order chi connectivity index (χ1) is 16.8. The molecule has 1 N–H and O–H groups in total. The first-order valence-corrected chi connectivity index (χ1v) is 10.9. The summed E-state index contributed by atoms with van der Waals surface area (Å²) in [6.45, 7) is 0. The van der Waals surface area contributed by atoms with Crippen LogP contribution in [0.1, 0.15) is 22.4 Å². The Balaban J connectivity index is 1.54. The van der Waals surface area contributed by atoms with E-state index in [0.717, 1.165) is 50.8 Å². The van der Waals surface area contributed by atoms with Crippen molar-refractivity contribution in [2.45, 2.75) is 5.41 Å². The molecule has 5 heterocycles. The number of aromatic nitrogens is 6. The molecule has 1 aromatic carbocycles. The topological polar surface area (TPSA) is 86.3 Å². The van der Waals surface area contributed by atoms with E-state index in [0.29, 0.717) is 0 Å². The molecule has 34 heavy (non-hydrogen) atoms. The number of nitrogens with zero attached hydrogens (tertiary/aromatic N) is 7. The number of benzene rings is 1. The Bertz CT molecular complexity index is 1620. The molecule has 7 rings (SSSR count). The summed E-state index contributed by atoms with van der Waals surface area (Å²) in [6, 6.07) is 17.9. The Hall–Kier alpha value is -4.81. The van der Waals surface area contributed by atoms with E-state index in [9.17, 15) is 0 Å². The molecule has 5 aromatic rings. The summed E-state index contributed by atoms with van der Waals surface area (Å²) in [4.78, 5) is 18.0. The van der Waals surface area contributed by atoms with E-state index in [2.05, 4.69) is 72.5 Å². The highest BCUT2D eigenvalue weighted by Gasteiger charge is 2.48. The van der Waals surface area contributed by atoms with Crippen LogP contribution in [0.15, 0.2) is 85.8 Å². The van der Waals surface area contributed by atoms with E-state index < -0.39 is 5.41 Å². The summed E-state index contributed by atoms with van der Waals surface area (Å²) < 4.78 is 3.80. The van der Waals surface area contributed by atoms with Gasteiger partial charge in [0.05, 0.1) is 17.3 Å². The van der Waals surface area contributed by atoms with Crippen molar-refractivity contribution in [1.82, 2.24) is 34.7 Å². The summed E-state index contributed by atoms with van der Waals surface area (Å²) in [5.41, 5.74) is 6.78. The monoisotopic (exact) mass is 442 g/mol. The molecule has 2 aliphatic rings. The molecule has 0 bridgehead atoms. The van der Waals surface area contributed by atoms with Gasteiger partial charge in [0.15, 0.2) is 11.9 Å². The summed E-state index contributed by atoms with van der Waals surface area (Å²) in [6.07, 6.45) is 12.7. The maximum Gasteiger partial charge on any atom is 0.474 e. The Labute approximate surface area is 194 Å². The van der Waals surface area contributed by atoms with Gasteiger partial charge >= 0.3 is 17.6 Å². The predicted octanol–water partition coefficient (Wildman–Crippen LogP) is 3.65. The van der Waals surface area contributed by atoms with Crippen LogP contribution in [0.2, 0.25) is 0 Å². The second-order valence-corrected chi connectivity index (χ2v) is 8.31. The van der Waals surface area contributed by atoms with Crippen LogP contribution in [0.4, 0.5) is 17.3 Å². The van der Waals surface area contributed by atoms with Gasteiger partial charge in [-0.2, -0.15) is 10.1 Å². The molecule has 4 aromatic heterocycles. The highest BCUT2D eigenvalue weighted by Crippen LogP contribution is 2.55. The van der Waals surface area contributed by atoms with Crippen molar-refractivity contribution in [1.29, 1.82) is 0 Å². The molecule has 0 radical (unpaired) electrons. The largest absolute Gasteiger partial charge is 0.474 e. The Morgan fingerprint density at radius 3 is 2.26 bits per heavy atom. The zero-order valence-corrected chi connectivity index (χ0v) is 18.2. The maximum atomic E-state index is 4.56. The number of aromatic amines is 1. The van der Waals surface area contributed by atoms with Gasteiger partial charge in [-0.3, -0.25) is 15.1 Å². The lowest BCUT2D eigenvalue weighted by Crippen LogP contribution is -2.29. The van der Waals surface area contributed by atoms with Crippen LogP contribution in [-0.2, 0) is 5.41 Å². The Morgan fingerprint density at radius 1 is 0.824 bits per heavy atom. The van der Waals surface area contributed by atoms with E-state index in [4.69, 9.17) is 0 Å². The van der Waals surface area contributed by atoms with Gasteiger partial charge < -0.3 is 0 Å². The van der Waals surface area contributed by atoms with E-state index >= 15 is 0 Å². The molecule has 160 valence electrons. The van der Waals surface area contributed by atoms with Crippen molar-refractivity contribution in [2.75, 3.05) is 7.05 Å². The molecule has 1 aliphatic heterocycles. The minimum absolute atomic E-state index is 0.642. The van der Waals surface area contributed by atoms with Gasteiger partial charge in [-0.05, 0) is 58.1 Å². The number of hydrogen-bond donors (Lipinski definition) is 1. The lowest BCUT2D eigenvalue weighted by Gasteiger charge is -2.31. The number of H-pyrrole nitrogens is 1. The third-order valence-corrected chi connectivity index (χ3v) is 6.62. The highest BCUT2D eigenvalue weighted by atomic mass is 15.2. The van der Waals surface area contributed by atoms with Crippen molar-refractivity contribution >= 4 is 23.3 Å². The number of nitrogens with one attached hydrogen (secondary N) is 1. The SMILES string of the molecule is C[N+]1=C=[N+](c2cccc(C3(c4ccn[nH]4)c4cnccc4-c4ccncc43)c2)c2nccnc21. The fourth-order valence-electron chi connectivity index (χ4n) is 5.24. The molecule has 0 fully saturated rings.